The number of halogens is 1. The molecule has 0 saturated heterocycles. The minimum Gasteiger partial charge on any atom is -0.211 e. The summed E-state index contributed by atoms with van der Waals surface area (Å²) in [5.74, 6) is 0. The van der Waals surface area contributed by atoms with Crippen LogP contribution in [0, 0.1) is 6.92 Å². The Bertz CT molecular complexity index is 483. The van der Waals surface area contributed by atoms with Crippen molar-refractivity contribution in [2.24, 2.45) is 0 Å². The van der Waals surface area contributed by atoms with E-state index in [1.807, 2.05) is 0 Å². The first kappa shape index (κ1) is 13.2. The van der Waals surface area contributed by atoms with Crippen LogP contribution in [-0.4, -0.2) is 15.0 Å². The standard InChI is InChI=1S/C11H14ClNO2S/c1-3-4-7-13-16(14,15)11-8-10(12)6-5-9(11)2/h3,5-6,8,13H,1,4,7H2,2H3. The number of hydrogen-bond donors (Lipinski definition) is 1. The van der Waals surface area contributed by atoms with E-state index in [1.54, 1.807) is 25.1 Å². The lowest BCUT2D eigenvalue weighted by Gasteiger charge is -2.08. The summed E-state index contributed by atoms with van der Waals surface area (Å²) >= 11 is 5.78. The molecule has 0 aliphatic heterocycles. The van der Waals surface area contributed by atoms with Crippen molar-refractivity contribution >= 4 is 21.6 Å². The third kappa shape index (κ3) is 3.33. The second-order valence-corrected chi connectivity index (χ2v) is 5.56. The molecule has 5 heteroatoms. The van der Waals surface area contributed by atoms with Crippen LogP contribution >= 0.6 is 11.6 Å². The van der Waals surface area contributed by atoms with E-state index in [4.69, 9.17) is 11.6 Å². The molecule has 0 aliphatic rings. The first-order valence-corrected chi connectivity index (χ1v) is 6.70. The van der Waals surface area contributed by atoms with Gasteiger partial charge in [-0.3, -0.25) is 0 Å². The van der Waals surface area contributed by atoms with Crippen molar-refractivity contribution in [1.82, 2.24) is 4.72 Å². The van der Waals surface area contributed by atoms with E-state index >= 15 is 0 Å². The van der Waals surface area contributed by atoms with Crippen molar-refractivity contribution in [3.05, 3.63) is 41.4 Å². The van der Waals surface area contributed by atoms with Crippen molar-refractivity contribution in [2.75, 3.05) is 6.54 Å². The minimum absolute atomic E-state index is 0.226. The van der Waals surface area contributed by atoms with Crippen LogP contribution in [0.25, 0.3) is 0 Å². The zero-order chi connectivity index (χ0) is 12.2. The zero-order valence-corrected chi connectivity index (χ0v) is 10.6. The van der Waals surface area contributed by atoms with Gasteiger partial charge in [-0.15, -0.1) is 6.58 Å². The number of sulfonamides is 1. The van der Waals surface area contributed by atoms with Crippen molar-refractivity contribution in [2.45, 2.75) is 18.2 Å². The fourth-order valence-corrected chi connectivity index (χ4v) is 2.79. The molecule has 0 fully saturated rings. The number of hydrogen-bond acceptors (Lipinski definition) is 2. The number of aryl methyl sites for hydroxylation is 1. The number of nitrogens with one attached hydrogen (secondary N) is 1. The topological polar surface area (TPSA) is 46.2 Å². The summed E-state index contributed by atoms with van der Waals surface area (Å²) in [6.07, 6.45) is 2.26. The molecule has 1 aromatic rings. The van der Waals surface area contributed by atoms with E-state index in [9.17, 15) is 8.42 Å². The molecule has 1 aromatic carbocycles. The molecular formula is C11H14ClNO2S. The molecule has 0 radical (unpaired) electrons. The van der Waals surface area contributed by atoms with Gasteiger partial charge < -0.3 is 0 Å². The van der Waals surface area contributed by atoms with Gasteiger partial charge in [0.25, 0.3) is 0 Å². The van der Waals surface area contributed by atoms with E-state index < -0.39 is 10.0 Å². The molecule has 0 amide bonds. The van der Waals surface area contributed by atoms with E-state index in [0.29, 0.717) is 23.6 Å². The molecule has 0 aromatic heterocycles. The quantitative estimate of drug-likeness (QED) is 0.652. The third-order valence-electron chi connectivity index (χ3n) is 2.08. The normalized spacial score (nSPS) is 11.4. The highest BCUT2D eigenvalue weighted by molar-refractivity contribution is 7.89. The molecule has 0 unspecified atom stereocenters. The van der Waals surface area contributed by atoms with Gasteiger partial charge in [-0.2, -0.15) is 0 Å². The molecule has 0 bridgehead atoms. The van der Waals surface area contributed by atoms with Crippen LogP contribution in [0.2, 0.25) is 5.02 Å². The Hall–Kier alpha value is -0.840. The molecule has 1 N–H and O–H groups in total. The van der Waals surface area contributed by atoms with Crippen LogP contribution in [0.15, 0.2) is 35.7 Å². The Balaban J connectivity index is 2.97. The summed E-state index contributed by atoms with van der Waals surface area (Å²) in [5, 5.41) is 0.412. The molecule has 0 saturated carbocycles. The lowest BCUT2D eigenvalue weighted by Crippen LogP contribution is -2.25. The van der Waals surface area contributed by atoms with Gasteiger partial charge >= 0.3 is 0 Å². The van der Waals surface area contributed by atoms with Gasteiger partial charge in [-0.1, -0.05) is 23.7 Å². The van der Waals surface area contributed by atoms with E-state index in [0.717, 1.165) is 0 Å². The summed E-state index contributed by atoms with van der Waals surface area (Å²) in [5.41, 5.74) is 0.676. The third-order valence-corrected chi connectivity index (χ3v) is 3.92. The van der Waals surface area contributed by atoms with Crippen LogP contribution in [0.4, 0.5) is 0 Å². The van der Waals surface area contributed by atoms with Gasteiger partial charge in [0.2, 0.25) is 10.0 Å². The fourth-order valence-electron chi connectivity index (χ4n) is 1.24. The van der Waals surface area contributed by atoms with Crippen molar-refractivity contribution < 1.29 is 8.42 Å². The number of rotatable bonds is 5. The molecule has 0 heterocycles. The Morgan fingerprint density at radius 3 is 2.81 bits per heavy atom. The molecule has 3 nitrogen and oxygen atoms in total. The van der Waals surface area contributed by atoms with Gasteiger partial charge in [-0.25, -0.2) is 13.1 Å². The van der Waals surface area contributed by atoms with Gasteiger partial charge in [0.05, 0.1) is 4.90 Å². The second-order valence-electron chi connectivity index (χ2n) is 3.38. The van der Waals surface area contributed by atoms with E-state index in [1.165, 1.54) is 6.07 Å². The van der Waals surface area contributed by atoms with E-state index in [-0.39, 0.29) is 4.90 Å². The number of benzene rings is 1. The Labute approximate surface area is 101 Å². The lowest BCUT2D eigenvalue weighted by atomic mass is 10.2. The minimum atomic E-state index is -3.47. The van der Waals surface area contributed by atoms with Crippen LogP contribution in [0.1, 0.15) is 12.0 Å². The Kier molecular flexibility index (Phi) is 4.53. The first-order valence-electron chi connectivity index (χ1n) is 4.84. The van der Waals surface area contributed by atoms with Crippen molar-refractivity contribution in [3.63, 3.8) is 0 Å². The maximum atomic E-state index is 11.9. The summed E-state index contributed by atoms with van der Waals surface area (Å²) in [7, 11) is -3.47. The lowest BCUT2D eigenvalue weighted by molar-refractivity contribution is 0.581. The van der Waals surface area contributed by atoms with Crippen LogP contribution in [-0.2, 0) is 10.0 Å². The van der Waals surface area contributed by atoms with Gasteiger partial charge in [0.1, 0.15) is 0 Å². The van der Waals surface area contributed by atoms with Crippen LogP contribution in [0.3, 0.4) is 0 Å². The first-order chi connectivity index (χ1) is 7.47. The molecule has 16 heavy (non-hydrogen) atoms. The monoisotopic (exact) mass is 259 g/mol. The molecule has 0 aliphatic carbocycles. The zero-order valence-electron chi connectivity index (χ0n) is 9.03. The molecular weight excluding hydrogens is 246 g/mol. The average molecular weight is 260 g/mol. The van der Waals surface area contributed by atoms with Gasteiger partial charge in [-0.05, 0) is 31.0 Å². The SMILES string of the molecule is C=CCCNS(=O)(=O)c1cc(Cl)ccc1C. The summed E-state index contributed by atoms with van der Waals surface area (Å²) in [6, 6.07) is 4.80. The highest BCUT2D eigenvalue weighted by Gasteiger charge is 2.15. The van der Waals surface area contributed by atoms with Gasteiger partial charge in [0, 0.05) is 11.6 Å². The molecule has 0 spiro atoms. The largest absolute Gasteiger partial charge is 0.240 e. The highest BCUT2D eigenvalue weighted by Crippen LogP contribution is 2.19. The predicted molar refractivity (Wildman–Crippen MR) is 66.2 cm³/mol. The Morgan fingerprint density at radius 1 is 1.50 bits per heavy atom. The van der Waals surface area contributed by atoms with Crippen LogP contribution < -0.4 is 4.72 Å². The van der Waals surface area contributed by atoms with E-state index in [2.05, 4.69) is 11.3 Å². The van der Waals surface area contributed by atoms with Crippen molar-refractivity contribution in [3.8, 4) is 0 Å². The predicted octanol–water partition coefficient (Wildman–Crippen LogP) is 2.50. The summed E-state index contributed by atoms with van der Waals surface area (Å²) in [6.45, 7) is 5.61. The molecule has 1 rings (SSSR count). The summed E-state index contributed by atoms with van der Waals surface area (Å²) < 4.78 is 26.2. The fraction of sp³-hybridized carbons (Fsp3) is 0.273. The average Bonchev–Trinajstić information content (AvgIpc) is 2.22. The van der Waals surface area contributed by atoms with Gasteiger partial charge in [0.15, 0.2) is 0 Å². The Morgan fingerprint density at radius 2 is 2.19 bits per heavy atom. The maximum absolute atomic E-state index is 11.9. The van der Waals surface area contributed by atoms with Crippen LogP contribution in [0.5, 0.6) is 0 Å². The van der Waals surface area contributed by atoms with Crippen molar-refractivity contribution in [1.29, 1.82) is 0 Å². The maximum Gasteiger partial charge on any atom is 0.240 e. The smallest absolute Gasteiger partial charge is 0.211 e. The molecule has 88 valence electrons. The highest BCUT2D eigenvalue weighted by atomic mass is 35.5. The molecule has 0 atom stereocenters. The second kappa shape index (κ2) is 5.48. The summed E-state index contributed by atoms with van der Waals surface area (Å²) in [4.78, 5) is 0.226.